The monoisotopic (exact) mass is 275 g/mol. The smallest absolute Gasteiger partial charge is 0.225 e. The van der Waals surface area contributed by atoms with Gasteiger partial charge in [-0.3, -0.25) is 9.69 Å². The standard InChI is InChI=1S/C15H21N3O2/c1-15(2,11-19)18(3)9-8-14(20)17-13-7-5-4-6-12(13)10-16/h4-7,19H,8-9,11H2,1-3H3,(H,17,20). The van der Waals surface area contributed by atoms with Crippen molar-refractivity contribution in [1.29, 1.82) is 5.26 Å². The molecule has 1 amide bonds. The molecule has 0 spiro atoms. The molecule has 5 heteroatoms. The summed E-state index contributed by atoms with van der Waals surface area (Å²) in [4.78, 5) is 13.8. The van der Waals surface area contributed by atoms with E-state index >= 15 is 0 Å². The lowest BCUT2D eigenvalue weighted by molar-refractivity contribution is -0.116. The second-order valence-electron chi connectivity index (χ2n) is 5.35. The van der Waals surface area contributed by atoms with Crippen LogP contribution in [-0.4, -0.2) is 41.7 Å². The molecule has 0 atom stereocenters. The van der Waals surface area contributed by atoms with E-state index in [1.807, 2.05) is 31.9 Å². The van der Waals surface area contributed by atoms with Crippen molar-refractivity contribution in [3.8, 4) is 6.07 Å². The van der Waals surface area contributed by atoms with E-state index in [0.717, 1.165) is 0 Å². The predicted molar refractivity (Wildman–Crippen MR) is 78.2 cm³/mol. The lowest BCUT2D eigenvalue weighted by atomic mass is 10.1. The Hall–Kier alpha value is -1.90. The average Bonchev–Trinajstić information content (AvgIpc) is 2.45. The molecule has 5 nitrogen and oxygen atoms in total. The fraction of sp³-hybridized carbons (Fsp3) is 0.467. The number of hydrogen-bond donors (Lipinski definition) is 2. The van der Waals surface area contributed by atoms with Crippen LogP contribution in [0.15, 0.2) is 24.3 Å². The van der Waals surface area contributed by atoms with Crippen molar-refractivity contribution in [2.75, 3.05) is 25.5 Å². The lowest BCUT2D eigenvalue weighted by Crippen LogP contribution is -2.45. The van der Waals surface area contributed by atoms with Gasteiger partial charge < -0.3 is 10.4 Å². The number of rotatable bonds is 6. The molecule has 108 valence electrons. The third-order valence-electron chi connectivity index (χ3n) is 3.42. The Bertz CT molecular complexity index is 506. The quantitative estimate of drug-likeness (QED) is 0.826. The van der Waals surface area contributed by atoms with Gasteiger partial charge in [0.15, 0.2) is 0 Å². The van der Waals surface area contributed by atoms with Crippen molar-refractivity contribution >= 4 is 11.6 Å². The zero-order valence-electron chi connectivity index (χ0n) is 12.2. The van der Waals surface area contributed by atoms with E-state index in [1.54, 1.807) is 24.3 Å². The lowest BCUT2D eigenvalue weighted by Gasteiger charge is -2.33. The van der Waals surface area contributed by atoms with Crippen LogP contribution in [0.4, 0.5) is 5.69 Å². The molecule has 0 heterocycles. The van der Waals surface area contributed by atoms with E-state index in [1.165, 1.54) is 0 Å². The van der Waals surface area contributed by atoms with Crippen LogP contribution < -0.4 is 5.32 Å². The fourth-order valence-corrected chi connectivity index (χ4v) is 1.59. The summed E-state index contributed by atoms with van der Waals surface area (Å²) in [5, 5.41) is 20.9. The zero-order chi connectivity index (χ0) is 15.2. The van der Waals surface area contributed by atoms with Gasteiger partial charge in [-0.2, -0.15) is 5.26 Å². The molecule has 0 aromatic heterocycles. The number of amides is 1. The summed E-state index contributed by atoms with van der Waals surface area (Å²) in [6, 6.07) is 8.94. The third kappa shape index (κ3) is 4.34. The Morgan fingerprint density at radius 3 is 2.70 bits per heavy atom. The van der Waals surface area contributed by atoms with Crippen LogP contribution in [-0.2, 0) is 4.79 Å². The summed E-state index contributed by atoms with van der Waals surface area (Å²) in [7, 11) is 1.87. The molecule has 0 fully saturated rings. The van der Waals surface area contributed by atoms with Gasteiger partial charge in [0.2, 0.25) is 5.91 Å². The number of aliphatic hydroxyl groups is 1. The molecular weight excluding hydrogens is 254 g/mol. The highest BCUT2D eigenvalue weighted by molar-refractivity contribution is 5.92. The Balaban J connectivity index is 2.55. The van der Waals surface area contributed by atoms with Crippen molar-refractivity contribution in [3.63, 3.8) is 0 Å². The van der Waals surface area contributed by atoms with Crippen molar-refractivity contribution in [1.82, 2.24) is 4.90 Å². The molecule has 0 aliphatic rings. The van der Waals surface area contributed by atoms with Gasteiger partial charge in [0, 0.05) is 18.5 Å². The fourth-order valence-electron chi connectivity index (χ4n) is 1.59. The highest BCUT2D eigenvalue weighted by atomic mass is 16.3. The van der Waals surface area contributed by atoms with Crippen LogP contribution in [0, 0.1) is 11.3 Å². The minimum absolute atomic E-state index is 0.0301. The van der Waals surface area contributed by atoms with E-state index in [9.17, 15) is 9.90 Å². The third-order valence-corrected chi connectivity index (χ3v) is 3.42. The molecule has 0 bridgehead atoms. The van der Waals surface area contributed by atoms with Crippen LogP contribution in [0.2, 0.25) is 0 Å². The molecule has 2 N–H and O–H groups in total. The molecule has 20 heavy (non-hydrogen) atoms. The number of likely N-dealkylation sites (N-methyl/N-ethyl adjacent to an activating group) is 1. The molecule has 0 radical (unpaired) electrons. The number of benzene rings is 1. The molecule has 0 saturated heterocycles. The molecule has 0 unspecified atom stereocenters. The van der Waals surface area contributed by atoms with Gasteiger partial charge in [0.25, 0.3) is 0 Å². The first-order chi connectivity index (χ1) is 9.40. The Kier molecular flexibility index (Phi) is 5.68. The van der Waals surface area contributed by atoms with Gasteiger partial charge >= 0.3 is 0 Å². The largest absolute Gasteiger partial charge is 0.394 e. The Labute approximate surface area is 119 Å². The first kappa shape index (κ1) is 16.2. The summed E-state index contributed by atoms with van der Waals surface area (Å²) in [6.45, 7) is 4.39. The van der Waals surface area contributed by atoms with Gasteiger partial charge in [-0.15, -0.1) is 0 Å². The van der Waals surface area contributed by atoms with Crippen molar-refractivity contribution in [2.24, 2.45) is 0 Å². The van der Waals surface area contributed by atoms with E-state index in [4.69, 9.17) is 5.26 Å². The predicted octanol–water partition coefficient (Wildman–Crippen LogP) is 1.59. The summed E-state index contributed by atoms with van der Waals surface area (Å²) < 4.78 is 0. The number of hydrogen-bond acceptors (Lipinski definition) is 4. The van der Waals surface area contributed by atoms with Crippen LogP contribution in [0.3, 0.4) is 0 Å². The Morgan fingerprint density at radius 2 is 2.10 bits per heavy atom. The molecular formula is C15H21N3O2. The summed E-state index contributed by atoms with van der Waals surface area (Å²) in [5.74, 6) is -0.145. The van der Waals surface area contributed by atoms with Crippen LogP contribution in [0.25, 0.3) is 0 Å². The highest BCUT2D eigenvalue weighted by Crippen LogP contribution is 2.15. The van der Waals surface area contributed by atoms with Crippen molar-refractivity contribution in [3.05, 3.63) is 29.8 Å². The van der Waals surface area contributed by atoms with Gasteiger partial charge in [-0.05, 0) is 33.0 Å². The number of nitrogens with zero attached hydrogens (tertiary/aromatic N) is 2. The molecule has 0 aliphatic heterocycles. The molecule has 1 aromatic carbocycles. The minimum atomic E-state index is -0.356. The average molecular weight is 275 g/mol. The first-order valence-electron chi connectivity index (χ1n) is 6.52. The zero-order valence-corrected chi connectivity index (χ0v) is 12.2. The van der Waals surface area contributed by atoms with Gasteiger partial charge in [0.05, 0.1) is 17.9 Å². The molecule has 1 aromatic rings. The molecule has 0 aliphatic carbocycles. The van der Waals surface area contributed by atoms with Crippen molar-refractivity contribution < 1.29 is 9.90 Å². The maximum Gasteiger partial charge on any atom is 0.225 e. The highest BCUT2D eigenvalue weighted by Gasteiger charge is 2.22. The van der Waals surface area contributed by atoms with Crippen LogP contribution >= 0.6 is 0 Å². The number of carbonyl (C=O) groups excluding carboxylic acids is 1. The second-order valence-corrected chi connectivity index (χ2v) is 5.35. The SMILES string of the molecule is CN(CCC(=O)Nc1ccccc1C#N)C(C)(C)CO. The van der Waals surface area contributed by atoms with E-state index in [-0.39, 0.29) is 18.1 Å². The van der Waals surface area contributed by atoms with E-state index in [0.29, 0.717) is 24.2 Å². The number of nitriles is 1. The number of para-hydroxylation sites is 1. The van der Waals surface area contributed by atoms with Gasteiger partial charge in [0.1, 0.15) is 6.07 Å². The van der Waals surface area contributed by atoms with Gasteiger partial charge in [-0.1, -0.05) is 12.1 Å². The Morgan fingerprint density at radius 1 is 1.45 bits per heavy atom. The topological polar surface area (TPSA) is 76.4 Å². The van der Waals surface area contributed by atoms with E-state index < -0.39 is 0 Å². The minimum Gasteiger partial charge on any atom is -0.394 e. The molecule has 0 saturated carbocycles. The van der Waals surface area contributed by atoms with E-state index in [2.05, 4.69) is 5.32 Å². The number of anilines is 1. The second kappa shape index (κ2) is 7.04. The summed E-state index contributed by atoms with van der Waals surface area (Å²) in [5.41, 5.74) is 0.624. The number of nitrogens with one attached hydrogen (secondary N) is 1. The van der Waals surface area contributed by atoms with Gasteiger partial charge in [-0.25, -0.2) is 0 Å². The summed E-state index contributed by atoms with van der Waals surface area (Å²) in [6.07, 6.45) is 0.305. The van der Waals surface area contributed by atoms with Crippen LogP contribution in [0.1, 0.15) is 25.8 Å². The van der Waals surface area contributed by atoms with Crippen LogP contribution in [0.5, 0.6) is 0 Å². The molecule has 1 rings (SSSR count). The maximum atomic E-state index is 11.9. The maximum absolute atomic E-state index is 11.9. The normalized spacial score (nSPS) is 11.2. The summed E-state index contributed by atoms with van der Waals surface area (Å²) >= 11 is 0. The number of aliphatic hydroxyl groups excluding tert-OH is 1. The van der Waals surface area contributed by atoms with Crippen molar-refractivity contribution in [2.45, 2.75) is 25.8 Å². The number of carbonyl (C=O) groups is 1. The first-order valence-corrected chi connectivity index (χ1v) is 6.52.